The molecule has 3 amide bonds. The van der Waals surface area contributed by atoms with Gasteiger partial charge in [-0.3, -0.25) is 14.6 Å². The van der Waals surface area contributed by atoms with Gasteiger partial charge in [0.1, 0.15) is 5.54 Å². The first-order valence-corrected chi connectivity index (χ1v) is 8.09. The summed E-state index contributed by atoms with van der Waals surface area (Å²) in [4.78, 5) is 32.3. The standard InChI is InChI=1S/C15H23N5O3/c1-4-20-13(21)15(3,17-14(20)22)11-6-5-7-19(8-11)9-12-16-10(2)18-23-12/h11H,4-9H2,1-3H3,(H,17,22). The lowest BCUT2D eigenvalue weighted by Gasteiger charge is -2.39. The van der Waals surface area contributed by atoms with Crippen LogP contribution in [-0.4, -0.2) is 57.1 Å². The summed E-state index contributed by atoms with van der Waals surface area (Å²) in [6.45, 7) is 8.07. The first-order chi connectivity index (χ1) is 10.9. The van der Waals surface area contributed by atoms with Crippen molar-refractivity contribution in [1.82, 2.24) is 25.3 Å². The van der Waals surface area contributed by atoms with Gasteiger partial charge < -0.3 is 9.84 Å². The van der Waals surface area contributed by atoms with Crippen LogP contribution in [0.3, 0.4) is 0 Å². The number of carbonyl (C=O) groups is 2. The average molecular weight is 321 g/mol. The van der Waals surface area contributed by atoms with E-state index in [1.54, 1.807) is 6.92 Å². The summed E-state index contributed by atoms with van der Waals surface area (Å²) in [7, 11) is 0. The second-order valence-electron chi connectivity index (χ2n) is 6.49. The van der Waals surface area contributed by atoms with Gasteiger partial charge in [-0.1, -0.05) is 5.16 Å². The van der Waals surface area contributed by atoms with E-state index in [1.807, 2.05) is 13.8 Å². The molecule has 126 valence electrons. The smallest absolute Gasteiger partial charge is 0.325 e. The molecule has 3 rings (SSSR count). The summed E-state index contributed by atoms with van der Waals surface area (Å²) in [6, 6.07) is -0.287. The van der Waals surface area contributed by atoms with Gasteiger partial charge in [-0.2, -0.15) is 4.98 Å². The van der Waals surface area contributed by atoms with E-state index in [0.29, 0.717) is 24.8 Å². The normalized spacial score (nSPS) is 29.2. The van der Waals surface area contributed by atoms with Crippen molar-refractivity contribution in [2.24, 2.45) is 5.92 Å². The highest BCUT2D eigenvalue weighted by Gasteiger charge is 2.52. The van der Waals surface area contributed by atoms with Crippen LogP contribution in [0.2, 0.25) is 0 Å². The van der Waals surface area contributed by atoms with Gasteiger partial charge in [0, 0.05) is 19.0 Å². The zero-order chi connectivity index (χ0) is 16.6. The maximum absolute atomic E-state index is 12.6. The molecule has 2 atom stereocenters. The highest BCUT2D eigenvalue weighted by Crippen LogP contribution is 2.32. The fourth-order valence-electron chi connectivity index (χ4n) is 3.55. The minimum absolute atomic E-state index is 0.0771. The number of hydrogen-bond acceptors (Lipinski definition) is 6. The third-order valence-electron chi connectivity index (χ3n) is 4.87. The summed E-state index contributed by atoms with van der Waals surface area (Å²) in [5.74, 6) is 1.17. The number of likely N-dealkylation sites (N-methyl/N-ethyl adjacent to an activating group) is 1. The van der Waals surface area contributed by atoms with Gasteiger partial charge in [0.15, 0.2) is 5.82 Å². The van der Waals surface area contributed by atoms with Gasteiger partial charge >= 0.3 is 6.03 Å². The molecule has 1 aromatic rings. The van der Waals surface area contributed by atoms with Crippen molar-refractivity contribution in [2.45, 2.75) is 45.7 Å². The van der Waals surface area contributed by atoms with Crippen LogP contribution in [0.5, 0.6) is 0 Å². The van der Waals surface area contributed by atoms with E-state index in [1.165, 1.54) is 4.90 Å². The number of piperidine rings is 1. The Hall–Kier alpha value is -1.96. The van der Waals surface area contributed by atoms with E-state index in [4.69, 9.17) is 4.52 Å². The molecule has 0 aliphatic carbocycles. The van der Waals surface area contributed by atoms with Crippen molar-refractivity contribution in [2.75, 3.05) is 19.6 Å². The number of carbonyl (C=O) groups excluding carboxylic acids is 2. The summed E-state index contributed by atoms with van der Waals surface area (Å²) >= 11 is 0. The van der Waals surface area contributed by atoms with Crippen LogP contribution in [0.1, 0.15) is 38.4 Å². The van der Waals surface area contributed by atoms with Crippen molar-refractivity contribution >= 4 is 11.9 Å². The lowest BCUT2D eigenvalue weighted by Crippen LogP contribution is -2.55. The highest BCUT2D eigenvalue weighted by atomic mass is 16.5. The van der Waals surface area contributed by atoms with Crippen LogP contribution in [0.15, 0.2) is 4.52 Å². The van der Waals surface area contributed by atoms with Gasteiger partial charge in [0.05, 0.1) is 6.54 Å². The Kier molecular flexibility index (Phi) is 4.09. The summed E-state index contributed by atoms with van der Waals surface area (Å²) < 4.78 is 5.18. The number of hydrogen-bond donors (Lipinski definition) is 1. The maximum Gasteiger partial charge on any atom is 0.325 e. The molecule has 3 heterocycles. The zero-order valence-corrected chi connectivity index (χ0v) is 13.8. The quantitative estimate of drug-likeness (QED) is 0.829. The fourth-order valence-corrected chi connectivity index (χ4v) is 3.55. The average Bonchev–Trinajstić information content (AvgIpc) is 3.02. The van der Waals surface area contributed by atoms with E-state index in [9.17, 15) is 9.59 Å². The second kappa shape index (κ2) is 5.92. The third kappa shape index (κ3) is 2.83. The lowest BCUT2D eigenvalue weighted by atomic mass is 9.80. The number of aromatic nitrogens is 2. The first kappa shape index (κ1) is 15.9. The SMILES string of the molecule is CCN1C(=O)NC(C)(C2CCCN(Cc3nc(C)no3)C2)C1=O. The molecule has 8 heteroatoms. The minimum atomic E-state index is -0.823. The fraction of sp³-hybridized carbons (Fsp3) is 0.733. The van der Waals surface area contributed by atoms with Gasteiger partial charge in [-0.25, -0.2) is 4.79 Å². The Morgan fingerprint density at radius 1 is 1.43 bits per heavy atom. The number of urea groups is 1. The summed E-state index contributed by atoms with van der Waals surface area (Å²) in [5.41, 5.74) is -0.823. The molecular weight excluding hydrogens is 298 g/mol. The van der Waals surface area contributed by atoms with Crippen molar-refractivity contribution in [1.29, 1.82) is 0 Å². The van der Waals surface area contributed by atoms with E-state index >= 15 is 0 Å². The topological polar surface area (TPSA) is 91.6 Å². The molecule has 0 saturated carbocycles. The monoisotopic (exact) mass is 321 g/mol. The van der Waals surface area contributed by atoms with Crippen molar-refractivity contribution in [3.05, 3.63) is 11.7 Å². The van der Waals surface area contributed by atoms with Gasteiger partial charge in [0.25, 0.3) is 5.91 Å². The van der Waals surface area contributed by atoms with Crippen LogP contribution in [0.4, 0.5) is 4.79 Å². The number of nitrogens with one attached hydrogen (secondary N) is 1. The van der Waals surface area contributed by atoms with E-state index in [0.717, 1.165) is 25.9 Å². The Morgan fingerprint density at radius 3 is 2.83 bits per heavy atom. The molecule has 23 heavy (non-hydrogen) atoms. The van der Waals surface area contributed by atoms with Crippen LogP contribution in [0, 0.1) is 12.8 Å². The molecule has 2 aliphatic rings. The molecule has 0 spiro atoms. The Labute approximate surface area is 135 Å². The molecule has 8 nitrogen and oxygen atoms in total. The molecule has 2 aliphatic heterocycles. The van der Waals surface area contributed by atoms with Crippen molar-refractivity contribution < 1.29 is 14.1 Å². The maximum atomic E-state index is 12.6. The Morgan fingerprint density at radius 2 is 2.22 bits per heavy atom. The third-order valence-corrected chi connectivity index (χ3v) is 4.87. The predicted molar refractivity (Wildman–Crippen MR) is 81.4 cm³/mol. The molecule has 1 aromatic heterocycles. The van der Waals surface area contributed by atoms with Crippen molar-refractivity contribution in [3.63, 3.8) is 0 Å². The minimum Gasteiger partial charge on any atom is -0.338 e. The molecule has 2 unspecified atom stereocenters. The molecule has 0 radical (unpaired) electrons. The Bertz CT molecular complexity index is 616. The van der Waals surface area contributed by atoms with E-state index < -0.39 is 5.54 Å². The highest BCUT2D eigenvalue weighted by molar-refractivity contribution is 6.07. The molecule has 1 N–H and O–H groups in total. The van der Waals surface area contributed by atoms with Gasteiger partial charge in [-0.15, -0.1) is 0 Å². The van der Waals surface area contributed by atoms with Crippen LogP contribution < -0.4 is 5.32 Å². The number of likely N-dealkylation sites (tertiary alicyclic amines) is 1. The molecule has 2 fully saturated rings. The number of aryl methyl sites for hydroxylation is 1. The van der Waals surface area contributed by atoms with Crippen molar-refractivity contribution in [3.8, 4) is 0 Å². The number of rotatable bonds is 4. The first-order valence-electron chi connectivity index (χ1n) is 8.09. The van der Waals surface area contributed by atoms with E-state index in [-0.39, 0.29) is 17.9 Å². The second-order valence-corrected chi connectivity index (χ2v) is 6.49. The lowest BCUT2D eigenvalue weighted by molar-refractivity contribution is -0.133. The molecular formula is C15H23N5O3. The molecule has 0 aromatic carbocycles. The predicted octanol–water partition coefficient (Wildman–Crippen LogP) is 0.920. The molecule has 2 saturated heterocycles. The number of amides is 3. The van der Waals surface area contributed by atoms with E-state index in [2.05, 4.69) is 20.4 Å². The Balaban J connectivity index is 1.71. The van der Waals surface area contributed by atoms with Gasteiger partial charge in [0.2, 0.25) is 5.89 Å². The molecule has 0 bridgehead atoms. The van der Waals surface area contributed by atoms with Gasteiger partial charge in [-0.05, 0) is 40.2 Å². The van der Waals surface area contributed by atoms with Crippen LogP contribution in [-0.2, 0) is 11.3 Å². The zero-order valence-electron chi connectivity index (χ0n) is 13.8. The summed E-state index contributed by atoms with van der Waals surface area (Å²) in [5, 5.41) is 6.70. The van der Waals surface area contributed by atoms with Crippen LogP contribution in [0.25, 0.3) is 0 Å². The van der Waals surface area contributed by atoms with Crippen LogP contribution >= 0.6 is 0 Å². The summed E-state index contributed by atoms with van der Waals surface area (Å²) in [6.07, 6.45) is 1.89. The number of nitrogens with zero attached hydrogens (tertiary/aromatic N) is 4. The largest absolute Gasteiger partial charge is 0.338 e. The number of imide groups is 1.